The molecule has 72 valence electrons. The zero-order valence-electron chi connectivity index (χ0n) is 8.19. The number of nitrogens with zero attached hydrogens (tertiary/aromatic N) is 3. The Labute approximate surface area is 81.6 Å². The van der Waals surface area contributed by atoms with Gasteiger partial charge in [-0.1, -0.05) is 6.92 Å². The molecule has 0 saturated heterocycles. The van der Waals surface area contributed by atoms with Crippen LogP contribution in [0.1, 0.15) is 28.7 Å². The minimum absolute atomic E-state index is 0.595. The molecule has 4 nitrogen and oxygen atoms in total. The highest BCUT2D eigenvalue weighted by Gasteiger charge is 2.07. The normalized spacial score (nSPS) is 10.7. The number of aryl methyl sites for hydroxylation is 2. The third-order valence-corrected chi connectivity index (χ3v) is 2.18. The Hall–Kier alpha value is -1.71. The lowest BCUT2D eigenvalue weighted by molar-refractivity contribution is 0.112. The molecule has 0 spiro atoms. The van der Waals surface area contributed by atoms with Crippen molar-refractivity contribution >= 4 is 11.9 Å². The largest absolute Gasteiger partial charge is 0.298 e. The van der Waals surface area contributed by atoms with Gasteiger partial charge in [0.15, 0.2) is 11.9 Å². The molecular weight excluding hydrogens is 178 g/mol. The van der Waals surface area contributed by atoms with Gasteiger partial charge in [-0.05, 0) is 18.6 Å². The van der Waals surface area contributed by atoms with E-state index in [1.165, 1.54) is 0 Å². The van der Waals surface area contributed by atoms with E-state index >= 15 is 0 Å². The van der Waals surface area contributed by atoms with Crippen molar-refractivity contribution in [2.75, 3.05) is 0 Å². The van der Waals surface area contributed by atoms with Crippen LogP contribution in [0.15, 0.2) is 12.3 Å². The van der Waals surface area contributed by atoms with Crippen LogP contribution >= 0.6 is 0 Å². The van der Waals surface area contributed by atoms with E-state index in [1.54, 1.807) is 0 Å². The van der Waals surface area contributed by atoms with Crippen molar-refractivity contribution < 1.29 is 4.79 Å². The van der Waals surface area contributed by atoms with Crippen molar-refractivity contribution in [2.45, 2.75) is 20.3 Å². The second kappa shape index (κ2) is 3.21. The van der Waals surface area contributed by atoms with Crippen molar-refractivity contribution in [1.82, 2.24) is 14.6 Å². The zero-order chi connectivity index (χ0) is 10.1. The molecule has 2 rings (SSSR count). The molecule has 0 N–H and O–H groups in total. The van der Waals surface area contributed by atoms with Crippen LogP contribution in [0.3, 0.4) is 0 Å². The van der Waals surface area contributed by atoms with E-state index in [2.05, 4.69) is 10.2 Å². The van der Waals surface area contributed by atoms with Crippen LogP contribution in [0.25, 0.3) is 5.65 Å². The van der Waals surface area contributed by atoms with Crippen LogP contribution in [0.2, 0.25) is 0 Å². The summed E-state index contributed by atoms with van der Waals surface area (Å²) in [6.07, 6.45) is 3.57. The standard InChI is InChI=1S/C10H11N3O/c1-3-9-11-12-10-8(6-14)4-7(2)5-13(9)10/h4-6H,3H2,1-2H3. The minimum Gasteiger partial charge on any atom is -0.298 e. The molecule has 0 aromatic carbocycles. The van der Waals surface area contributed by atoms with E-state index in [0.29, 0.717) is 11.2 Å². The highest BCUT2D eigenvalue weighted by molar-refractivity contribution is 5.84. The molecule has 0 unspecified atom stereocenters. The molecule has 4 heteroatoms. The van der Waals surface area contributed by atoms with E-state index in [0.717, 1.165) is 24.1 Å². The first-order valence-corrected chi connectivity index (χ1v) is 4.55. The number of aldehydes is 1. The summed E-state index contributed by atoms with van der Waals surface area (Å²) in [5, 5.41) is 8.00. The van der Waals surface area contributed by atoms with E-state index in [1.807, 2.05) is 30.5 Å². The van der Waals surface area contributed by atoms with Gasteiger partial charge in [-0.3, -0.25) is 9.20 Å². The van der Waals surface area contributed by atoms with Crippen molar-refractivity contribution in [1.29, 1.82) is 0 Å². The van der Waals surface area contributed by atoms with Crippen LogP contribution in [-0.4, -0.2) is 20.9 Å². The Bertz CT molecular complexity index is 487. The Morgan fingerprint density at radius 2 is 2.29 bits per heavy atom. The van der Waals surface area contributed by atoms with Gasteiger partial charge in [0.1, 0.15) is 5.82 Å². The minimum atomic E-state index is 0.595. The smallest absolute Gasteiger partial charge is 0.171 e. The van der Waals surface area contributed by atoms with Gasteiger partial charge in [0, 0.05) is 12.6 Å². The molecule has 2 heterocycles. The summed E-state index contributed by atoms with van der Waals surface area (Å²) in [7, 11) is 0. The van der Waals surface area contributed by atoms with Gasteiger partial charge < -0.3 is 0 Å². The molecule has 0 fully saturated rings. The molecule has 0 aliphatic heterocycles. The molecule has 0 aliphatic rings. The van der Waals surface area contributed by atoms with Crippen LogP contribution in [0.5, 0.6) is 0 Å². The fourth-order valence-electron chi connectivity index (χ4n) is 1.53. The van der Waals surface area contributed by atoms with E-state index in [9.17, 15) is 4.79 Å². The second-order valence-corrected chi connectivity index (χ2v) is 3.25. The lowest BCUT2D eigenvalue weighted by Gasteiger charge is -2.00. The van der Waals surface area contributed by atoms with Crippen LogP contribution in [0.4, 0.5) is 0 Å². The molecule has 0 radical (unpaired) electrons. The first-order valence-electron chi connectivity index (χ1n) is 4.55. The fraction of sp³-hybridized carbons (Fsp3) is 0.300. The van der Waals surface area contributed by atoms with E-state index in [-0.39, 0.29) is 0 Å². The van der Waals surface area contributed by atoms with E-state index < -0.39 is 0 Å². The van der Waals surface area contributed by atoms with Crippen molar-refractivity contribution in [2.24, 2.45) is 0 Å². The molecule has 0 aliphatic carbocycles. The lowest BCUT2D eigenvalue weighted by atomic mass is 10.2. The number of fused-ring (bicyclic) bond motifs is 1. The average molecular weight is 189 g/mol. The lowest BCUT2D eigenvalue weighted by Crippen LogP contribution is -1.96. The third-order valence-electron chi connectivity index (χ3n) is 2.18. The number of rotatable bonds is 2. The first-order chi connectivity index (χ1) is 6.76. The highest BCUT2D eigenvalue weighted by atomic mass is 16.1. The van der Waals surface area contributed by atoms with Gasteiger partial charge in [0.05, 0.1) is 5.56 Å². The Kier molecular flexibility index (Phi) is 2.04. The van der Waals surface area contributed by atoms with Gasteiger partial charge in [-0.15, -0.1) is 10.2 Å². The summed E-state index contributed by atoms with van der Waals surface area (Å²) in [4.78, 5) is 10.8. The molecule has 2 aromatic heterocycles. The Balaban J connectivity index is 2.83. The summed E-state index contributed by atoms with van der Waals surface area (Å²) >= 11 is 0. The SMILES string of the molecule is CCc1nnc2c(C=O)cc(C)cn12. The number of hydrogen-bond donors (Lipinski definition) is 0. The predicted octanol–water partition coefficient (Wildman–Crippen LogP) is 1.41. The summed E-state index contributed by atoms with van der Waals surface area (Å²) in [5.74, 6) is 0.881. The summed E-state index contributed by atoms with van der Waals surface area (Å²) in [6, 6.07) is 1.82. The van der Waals surface area contributed by atoms with Gasteiger partial charge >= 0.3 is 0 Å². The molecule has 0 amide bonds. The molecular formula is C10H11N3O. The molecule has 14 heavy (non-hydrogen) atoms. The topological polar surface area (TPSA) is 47.3 Å². The predicted molar refractivity (Wildman–Crippen MR) is 52.5 cm³/mol. The maximum absolute atomic E-state index is 10.8. The monoisotopic (exact) mass is 189 g/mol. The molecule has 0 bridgehead atoms. The van der Waals surface area contributed by atoms with Crippen molar-refractivity contribution in [3.05, 3.63) is 29.2 Å². The van der Waals surface area contributed by atoms with Gasteiger partial charge in [0.2, 0.25) is 0 Å². The highest BCUT2D eigenvalue weighted by Crippen LogP contribution is 2.11. The molecule has 2 aromatic rings. The van der Waals surface area contributed by atoms with Gasteiger partial charge in [0.25, 0.3) is 0 Å². The summed E-state index contributed by atoms with van der Waals surface area (Å²) < 4.78 is 1.87. The van der Waals surface area contributed by atoms with Crippen LogP contribution in [-0.2, 0) is 6.42 Å². The summed E-state index contributed by atoms with van der Waals surface area (Å²) in [6.45, 7) is 3.96. The number of carbonyl (C=O) groups excluding carboxylic acids is 1. The van der Waals surface area contributed by atoms with Crippen LogP contribution in [0, 0.1) is 6.92 Å². The number of carbonyl (C=O) groups is 1. The second-order valence-electron chi connectivity index (χ2n) is 3.25. The van der Waals surface area contributed by atoms with Crippen molar-refractivity contribution in [3.8, 4) is 0 Å². The first kappa shape index (κ1) is 8.87. The zero-order valence-corrected chi connectivity index (χ0v) is 8.19. The Morgan fingerprint density at radius 3 is 2.93 bits per heavy atom. The fourth-order valence-corrected chi connectivity index (χ4v) is 1.53. The van der Waals surface area contributed by atoms with Gasteiger partial charge in [-0.2, -0.15) is 0 Å². The van der Waals surface area contributed by atoms with Gasteiger partial charge in [-0.25, -0.2) is 0 Å². The maximum Gasteiger partial charge on any atom is 0.171 e. The quantitative estimate of drug-likeness (QED) is 0.671. The molecule has 0 saturated carbocycles. The average Bonchev–Trinajstić information content (AvgIpc) is 2.59. The summed E-state index contributed by atoms with van der Waals surface area (Å²) in [5.41, 5.74) is 2.27. The number of hydrogen-bond acceptors (Lipinski definition) is 3. The number of aromatic nitrogens is 3. The molecule has 0 atom stereocenters. The number of pyridine rings is 1. The Morgan fingerprint density at radius 1 is 1.50 bits per heavy atom. The van der Waals surface area contributed by atoms with Crippen molar-refractivity contribution in [3.63, 3.8) is 0 Å². The van der Waals surface area contributed by atoms with E-state index in [4.69, 9.17) is 0 Å². The van der Waals surface area contributed by atoms with Crippen LogP contribution < -0.4 is 0 Å². The third kappa shape index (κ3) is 1.19. The maximum atomic E-state index is 10.8.